The fourth-order valence-electron chi connectivity index (χ4n) is 2.83. The number of hydrogen-bond acceptors (Lipinski definition) is 5. The van der Waals surface area contributed by atoms with Gasteiger partial charge < -0.3 is 10.5 Å². The molecule has 4 aromatic rings. The van der Waals surface area contributed by atoms with Gasteiger partial charge in [-0.25, -0.2) is 9.67 Å². The lowest BCUT2D eigenvalue weighted by Crippen LogP contribution is -2.01. The zero-order valence-electron chi connectivity index (χ0n) is 15.3. The van der Waals surface area contributed by atoms with Gasteiger partial charge in [-0.15, -0.1) is 5.10 Å². The molecule has 146 valence electrons. The van der Waals surface area contributed by atoms with Crippen molar-refractivity contribution in [1.29, 1.82) is 0 Å². The highest BCUT2D eigenvalue weighted by Gasteiger charge is 2.08. The summed E-state index contributed by atoms with van der Waals surface area (Å²) in [5.74, 6) is 1.17. The van der Waals surface area contributed by atoms with Crippen LogP contribution >= 0.6 is 23.2 Å². The molecule has 0 aliphatic carbocycles. The van der Waals surface area contributed by atoms with Gasteiger partial charge in [0.2, 0.25) is 0 Å². The van der Waals surface area contributed by atoms with E-state index >= 15 is 0 Å². The van der Waals surface area contributed by atoms with E-state index in [1.165, 1.54) is 0 Å². The Balaban J connectivity index is 1.40. The summed E-state index contributed by atoms with van der Waals surface area (Å²) in [5, 5.41) is 9.61. The molecule has 2 aromatic heterocycles. The van der Waals surface area contributed by atoms with Crippen LogP contribution in [0.25, 0.3) is 11.3 Å². The fraction of sp³-hybridized carbons (Fsp3) is 0.0952. The number of ether oxygens (including phenoxy) is 1. The molecule has 0 amide bonds. The SMILES string of the molecule is Nc1ncccc1-c1cn(Cc2ccc(OCc3cc(Cl)ccc3Cl)cc2)nn1. The second kappa shape index (κ2) is 8.51. The molecule has 0 spiro atoms. The normalized spacial score (nSPS) is 10.8. The maximum Gasteiger partial charge on any atom is 0.132 e. The topological polar surface area (TPSA) is 78.8 Å². The lowest BCUT2D eigenvalue weighted by atomic mass is 10.2. The van der Waals surface area contributed by atoms with Crippen LogP contribution in [-0.4, -0.2) is 20.0 Å². The quantitative estimate of drug-likeness (QED) is 0.477. The highest BCUT2D eigenvalue weighted by molar-refractivity contribution is 6.33. The maximum absolute atomic E-state index is 6.17. The van der Waals surface area contributed by atoms with Crippen molar-refractivity contribution in [2.75, 3.05) is 5.73 Å². The Labute approximate surface area is 177 Å². The van der Waals surface area contributed by atoms with Crippen molar-refractivity contribution in [3.63, 3.8) is 0 Å². The van der Waals surface area contributed by atoms with Crippen LogP contribution in [0.15, 0.2) is 67.0 Å². The molecule has 2 N–H and O–H groups in total. The van der Waals surface area contributed by atoms with Gasteiger partial charge in [0, 0.05) is 27.4 Å². The van der Waals surface area contributed by atoms with Gasteiger partial charge >= 0.3 is 0 Å². The number of nitrogens with two attached hydrogens (primary N) is 1. The largest absolute Gasteiger partial charge is 0.489 e. The van der Waals surface area contributed by atoms with Crippen LogP contribution in [0.4, 0.5) is 5.82 Å². The van der Waals surface area contributed by atoms with Gasteiger partial charge in [0.1, 0.15) is 23.9 Å². The smallest absolute Gasteiger partial charge is 0.132 e. The molecule has 0 radical (unpaired) electrons. The first kappa shape index (κ1) is 19.2. The van der Waals surface area contributed by atoms with Crippen molar-refractivity contribution in [2.24, 2.45) is 0 Å². The first-order valence-electron chi connectivity index (χ1n) is 8.85. The van der Waals surface area contributed by atoms with Gasteiger partial charge in [-0.2, -0.15) is 0 Å². The molecule has 0 atom stereocenters. The molecular formula is C21H17Cl2N5O. The van der Waals surface area contributed by atoms with Crippen LogP contribution in [0.1, 0.15) is 11.1 Å². The molecule has 0 unspecified atom stereocenters. The molecule has 0 bridgehead atoms. The van der Waals surface area contributed by atoms with E-state index in [-0.39, 0.29) is 0 Å². The number of pyridine rings is 1. The highest BCUT2D eigenvalue weighted by Crippen LogP contribution is 2.23. The highest BCUT2D eigenvalue weighted by atomic mass is 35.5. The Kier molecular flexibility index (Phi) is 5.64. The standard InChI is InChI=1S/C21H17Cl2N5O/c22-16-5-8-19(23)15(10-16)13-29-17-6-3-14(4-7-17)11-28-12-20(26-27-28)18-2-1-9-25-21(18)24/h1-10,12H,11,13H2,(H2,24,25). The first-order valence-corrected chi connectivity index (χ1v) is 9.61. The third-order valence-electron chi connectivity index (χ3n) is 4.32. The molecule has 0 fully saturated rings. The lowest BCUT2D eigenvalue weighted by Gasteiger charge is -2.09. The van der Waals surface area contributed by atoms with E-state index in [4.69, 9.17) is 33.7 Å². The molecule has 8 heteroatoms. The van der Waals surface area contributed by atoms with Gasteiger partial charge in [-0.3, -0.25) is 0 Å². The van der Waals surface area contributed by atoms with Gasteiger partial charge in [0.05, 0.1) is 12.7 Å². The van der Waals surface area contributed by atoms with Crippen molar-refractivity contribution >= 4 is 29.0 Å². The Morgan fingerprint density at radius 1 is 1.03 bits per heavy atom. The van der Waals surface area contributed by atoms with E-state index in [1.807, 2.05) is 42.6 Å². The van der Waals surface area contributed by atoms with Crippen molar-refractivity contribution in [3.8, 4) is 17.0 Å². The van der Waals surface area contributed by atoms with Gasteiger partial charge in [-0.1, -0.05) is 40.5 Å². The van der Waals surface area contributed by atoms with E-state index in [2.05, 4.69) is 15.3 Å². The summed E-state index contributed by atoms with van der Waals surface area (Å²) in [4.78, 5) is 4.08. The number of aromatic nitrogens is 4. The zero-order valence-corrected chi connectivity index (χ0v) is 16.8. The van der Waals surface area contributed by atoms with E-state index in [0.29, 0.717) is 34.7 Å². The second-order valence-corrected chi connectivity index (χ2v) is 7.25. The van der Waals surface area contributed by atoms with Crippen LogP contribution in [0.3, 0.4) is 0 Å². The van der Waals surface area contributed by atoms with Gasteiger partial charge in [-0.05, 0) is 48.0 Å². The van der Waals surface area contributed by atoms with Crippen molar-refractivity contribution in [1.82, 2.24) is 20.0 Å². The molecule has 0 aliphatic rings. The molecule has 0 saturated carbocycles. The minimum Gasteiger partial charge on any atom is -0.489 e. The monoisotopic (exact) mass is 425 g/mol. The second-order valence-electron chi connectivity index (χ2n) is 6.41. The molecule has 2 heterocycles. The zero-order chi connectivity index (χ0) is 20.2. The lowest BCUT2D eigenvalue weighted by molar-refractivity contribution is 0.306. The number of anilines is 1. The summed E-state index contributed by atoms with van der Waals surface area (Å²) in [6.07, 6.45) is 3.49. The number of nitrogen functional groups attached to an aromatic ring is 1. The summed E-state index contributed by atoms with van der Waals surface area (Å²) in [7, 11) is 0. The third kappa shape index (κ3) is 4.67. The molecule has 0 aliphatic heterocycles. The minimum atomic E-state index is 0.345. The van der Waals surface area contributed by atoms with Crippen molar-refractivity contribution < 1.29 is 4.74 Å². The number of rotatable bonds is 6. The fourth-order valence-corrected chi connectivity index (χ4v) is 3.19. The summed E-state index contributed by atoms with van der Waals surface area (Å²) >= 11 is 12.2. The van der Waals surface area contributed by atoms with Crippen LogP contribution in [0.2, 0.25) is 10.0 Å². The summed E-state index contributed by atoms with van der Waals surface area (Å²) in [5.41, 5.74) is 9.26. The van der Waals surface area contributed by atoms with Crippen molar-refractivity contribution in [3.05, 3.63) is 88.2 Å². The molecule has 29 heavy (non-hydrogen) atoms. The average Bonchev–Trinajstić information content (AvgIpc) is 3.18. The third-order valence-corrected chi connectivity index (χ3v) is 4.93. The van der Waals surface area contributed by atoms with E-state index < -0.39 is 0 Å². The molecular weight excluding hydrogens is 409 g/mol. The van der Waals surface area contributed by atoms with Crippen molar-refractivity contribution in [2.45, 2.75) is 13.2 Å². The molecule has 4 rings (SSSR count). The number of nitrogens with zero attached hydrogens (tertiary/aromatic N) is 4. The summed E-state index contributed by atoms with van der Waals surface area (Å²) in [6, 6.07) is 16.8. The predicted octanol–water partition coefficient (Wildman–Crippen LogP) is 4.86. The number of halogens is 2. The molecule has 6 nitrogen and oxygen atoms in total. The van der Waals surface area contributed by atoms with Crippen LogP contribution < -0.4 is 10.5 Å². The predicted molar refractivity (Wildman–Crippen MR) is 114 cm³/mol. The first-order chi connectivity index (χ1) is 14.1. The summed E-state index contributed by atoms with van der Waals surface area (Å²) < 4.78 is 7.56. The van der Waals surface area contributed by atoms with Gasteiger partial charge in [0.25, 0.3) is 0 Å². The Morgan fingerprint density at radius 3 is 2.66 bits per heavy atom. The van der Waals surface area contributed by atoms with Crippen LogP contribution in [0.5, 0.6) is 5.75 Å². The Bertz CT molecular complexity index is 1130. The number of hydrogen-bond donors (Lipinski definition) is 1. The Hall–Kier alpha value is -3.09. The van der Waals surface area contributed by atoms with Gasteiger partial charge in [0.15, 0.2) is 0 Å². The summed E-state index contributed by atoms with van der Waals surface area (Å²) in [6.45, 7) is 0.922. The Morgan fingerprint density at radius 2 is 1.86 bits per heavy atom. The van der Waals surface area contributed by atoms with Crippen LogP contribution in [-0.2, 0) is 13.2 Å². The molecule has 0 saturated heterocycles. The maximum atomic E-state index is 6.17. The van der Waals surface area contributed by atoms with E-state index in [0.717, 1.165) is 22.4 Å². The molecule has 2 aromatic carbocycles. The average molecular weight is 426 g/mol. The van der Waals surface area contributed by atoms with E-state index in [1.54, 1.807) is 29.1 Å². The van der Waals surface area contributed by atoms with E-state index in [9.17, 15) is 0 Å². The number of benzene rings is 2. The van der Waals surface area contributed by atoms with Crippen LogP contribution in [0, 0.1) is 0 Å². The minimum absolute atomic E-state index is 0.345.